The van der Waals surface area contributed by atoms with E-state index in [1.165, 1.54) is 0 Å². The maximum atomic E-state index is 13.0. The summed E-state index contributed by atoms with van der Waals surface area (Å²) in [7, 11) is 0. The highest BCUT2D eigenvalue weighted by Crippen LogP contribution is 2.25. The predicted molar refractivity (Wildman–Crippen MR) is 51.8 cm³/mol. The van der Waals surface area contributed by atoms with Crippen LogP contribution in [0.5, 0.6) is 0 Å². The Morgan fingerprint density at radius 2 is 2.08 bits per heavy atom. The molecule has 1 N–H and O–H groups in total. The fraction of sp³-hybridized carbons (Fsp3) is 0.333. The first-order chi connectivity index (χ1) is 6.00. The summed E-state index contributed by atoms with van der Waals surface area (Å²) in [5.41, 5.74) is 0.529. The second-order valence-electron chi connectivity index (χ2n) is 2.91. The summed E-state index contributed by atoms with van der Waals surface area (Å²) in [6.07, 6.45) is -0.258. The first-order valence-corrected chi connectivity index (χ1v) is 4.57. The van der Waals surface area contributed by atoms with Gasteiger partial charge in [-0.1, -0.05) is 23.2 Å². The topological polar surface area (TPSA) is 20.2 Å². The fourth-order valence-corrected chi connectivity index (χ4v) is 1.49. The van der Waals surface area contributed by atoms with Crippen LogP contribution >= 0.6 is 23.2 Å². The van der Waals surface area contributed by atoms with E-state index in [2.05, 4.69) is 0 Å². The van der Waals surface area contributed by atoms with Gasteiger partial charge in [0.25, 0.3) is 0 Å². The highest BCUT2D eigenvalue weighted by atomic mass is 35.5. The third-order valence-corrected chi connectivity index (χ3v) is 2.23. The van der Waals surface area contributed by atoms with E-state index in [4.69, 9.17) is 28.3 Å². The SMILES string of the molecule is CC(O)Cc1cc(Cl)cc(F)c1Cl. The molecule has 0 fully saturated rings. The zero-order valence-electron chi connectivity index (χ0n) is 7.02. The molecule has 0 aromatic heterocycles. The lowest BCUT2D eigenvalue weighted by molar-refractivity contribution is 0.195. The molecule has 1 aromatic carbocycles. The van der Waals surface area contributed by atoms with Crippen molar-refractivity contribution in [1.82, 2.24) is 0 Å². The lowest BCUT2D eigenvalue weighted by Gasteiger charge is -2.07. The second kappa shape index (κ2) is 4.27. The van der Waals surface area contributed by atoms with E-state index in [1.54, 1.807) is 13.0 Å². The van der Waals surface area contributed by atoms with Crippen molar-refractivity contribution >= 4 is 23.2 Å². The first kappa shape index (κ1) is 10.8. The number of rotatable bonds is 2. The molecule has 1 atom stereocenters. The predicted octanol–water partition coefficient (Wildman–Crippen LogP) is 3.06. The molecule has 0 amide bonds. The van der Waals surface area contributed by atoms with Gasteiger partial charge in [0.15, 0.2) is 0 Å². The van der Waals surface area contributed by atoms with Crippen LogP contribution in [-0.4, -0.2) is 11.2 Å². The van der Waals surface area contributed by atoms with Crippen LogP contribution in [0, 0.1) is 5.82 Å². The molecule has 1 nitrogen and oxygen atoms in total. The Morgan fingerprint density at radius 1 is 1.46 bits per heavy atom. The number of halogens is 3. The molecule has 0 aliphatic rings. The van der Waals surface area contributed by atoms with E-state index in [0.717, 1.165) is 6.07 Å². The molecule has 72 valence electrons. The molecule has 0 heterocycles. The Morgan fingerprint density at radius 3 is 2.62 bits per heavy atom. The van der Waals surface area contributed by atoms with E-state index in [1.807, 2.05) is 0 Å². The normalized spacial score (nSPS) is 13.0. The van der Waals surface area contributed by atoms with E-state index < -0.39 is 11.9 Å². The third kappa shape index (κ3) is 2.83. The molecule has 0 saturated heterocycles. The summed E-state index contributed by atoms with van der Waals surface area (Å²) < 4.78 is 13.0. The molecular weight excluding hydrogens is 214 g/mol. The van der Waals surface area contributed by atoms with Gasteiger partial charge < -0.3 is 5.11 Å². The monoisotopic (exact) mass is 222 g/mol. The van der Waals surface area contributed by atoms with Gasteiger partial charge >= 0.3 is 0 Å². The number of benzene rings is 1. The van der Waals surface area contributed by atoms with Crippen LogP contribution in [0.2, 0.25) is 10.0 Å². The van der Waals surface area contributed by atoms with Crippen LogP contribution in [0.15, 0.2) is 12.1 Å². The summed E-state index contributed by atoms with van der Waals surface area (Å²) in [5.74, 6) is -0.551. The second-order valence-corrected chi connectivity index (χ2v) is 3.73. The Labute approximate surface area is 86.1 Å². The van der Waals surface area contributed by atoms with E-state index in [0.29, 0.717) is 12.0 Å². The van der Waals surface area contributed by atoms with Crippen molar-refractivity contribution in [1.29, 1.82) is 0 Å². The molecule has 0 radical (unpaired) electrons. The van der Waals surface area contributed by atoms with Gasteiger partial charge in [0.05, 0.1) is 11.1 Å². The van der Waals surface area contributed by atoms with Gasteiger partial charge in [-0.15, -0.1) is 0 Å². The molecule has 13 heavy (non-hydrogen) atoms. The van der Waals surface area contributed by atoms with Gasteiger partial charge in [-0.3, -0.25) is 0 Å². The Balaban J connectivity index is 3.05. The number of hydrogen-bond donors (Lipinski definition) is 1. The quantitative estimate of drug-likeness (QED) is 0.764. The third-order valence-electron chi connectivity index (χ3n) is 1.58. The van der Waals surface area contributed by atoms with Crippen LogP contribution < -0.4 is 0 Å². The lowest BCUT2D eigenvalue weighted by Crippen LogP contribution is -2.05. The van der Waals surface area contributed by atoms with E-state index in [9.17, 15) is 4.39 Å². The van der Waals surface area contributed by atoms with Gasteiger partial charge in [-0.05, 0) is 31.0 Å². The Kier molecular flexibility index (Phi) is 3.54. The van der Waals surface area contributed by atoms with Crippen LogP contribution in [0.25, 0.3) is 0 Å². The van der Waals surface area contributed by atoms with Gasteiger partial charge in [-0.2, -0.15) is 0 Å². The maximum Gasteiger partial charge on any atom is 0.143 e. The van der Waals surface area contributed by atoms with Crippen LogP contribution in [0.3, 0.4) is 0 Å². The number of aliphatic hydroxyl groups excluding tert-OH is 1. The van der Waals surface area contributed by atoms with Gasteiger partial charge in [-0.25, -0.2) is 4.39 Å². The summed E-state index contributed by atoms with van der Waals surface area (Å²) in [6.45, 7) is 1.61. The average Bonchev–Trinajstić information content (AvgIpc) is 1.98. The molecule has 4 heteroatoms. The van der Waals surface area contributed by atoms with Crippen molar-refractivity contribution in [2.24, 2.45) is 0 Å². The minimum Gasteiger partial charge on any atom is -0.393 e. The number of aliphatic hydroxyl groups is 1. The standard InChI is InChI=1S/C9H9Cl2FO/c1-5(13)2-6-3-7(10)4-8(12)9(6)11/h3-5,13H,2H2,1H3. The van der Waals surface area contributed by atoms with Gasteiger partial charge in [0.2, 0.25) is 0 Å². The first-order valence-electron chi connectivity index (χ1n) is 3.82. The van der Waals surface area contributed by atoms with Crippen LogP contribution in [0.4, 0.5) is 4.39 Å². The van der Waals surface area contributed by atoms with E-state index >= 15 is 0 Å². The zero-order chi connectivity index (χ0) is 10.0. The van der Waals surface area contributed by atoms with Crippen LogP contribution in [-0.2, 0) is 6.42 Å². The molecular formula is C9H9Cl2FO. The lowest BCUT2D eigenvalue weighted by atomic mass is 10.1. The summed E-state index contributed by atoms with van der Waals surface area (Å²) in [5, 5.41) is 9.41. The molecule has 0 bridgehead atoms. The Hall–Kier alpha value is -0.310. The average molecular weight is 223 g/mol. The molecule has 1 rings (SSSR count). The minimum atomic E-state index is -0.560. The Bertz CT molecular complexity index is 313. The van der Waals surface area contributed by atoms with Crippen molar-refractivity contribution in [3.05, 3.63) is 33.6 Å². The summed E-state index contributed by atoms with van der Waals surface area (Å²) in [6, 6.07) is 2.70. The number of hydrogen-bond acceptors (Lipinski definition) is 1. The molecule has 0 spiro atoms. The van der Waals surface area contributed by atoms with Crippen molar-refractivity contribution in [3.63, 3.8) is 0 Å². The minimum absolute atomic E-state index is 0.0327. The fourth-order valence-electron chi connectivity index (χ4n) is 1.08. The van der Waals surface area contributed by atoms with Gasteiger partial charge in [0, 0.05) is 5.02 Å². The van der Waals surface area contributed by atoms with Crippen molar-refractivity contribution in [2.75, 3.05) is 0 Å². The molecule has 0 saturated carbocycles. The van der Waals surface area contributed by atoms with E-state index in [-0.39, 0.29) is 10.0 Å². The van der Waals surface area contributed by atoms with Crippen molar-refractivity contribution in [3.8, 4) is 0 Å². The van der Waals surface area contributed by atoms with Crippen LogP contribution in [0.1, 0.15) is 12.5 Å². The molecule has 1 aromatic rings. The smallest absolute Gasteiger partial charge is 0.143 e. The molecule has 0 aliphatic heterocycles. The molecule has 0 aliphatic carbocycles. The highest BCUT2D eigenvalue weighted by molar-refractivity contribution is 6.33. The summed E-state index contributed by atoms with van der Waals surface area (Å²) in [4.78, 5) is 0. The van der Waals surface area contributed by atoms with Crippen molar-refractivity contribution in [2.45, 2.75) is 19.4 Å². The van der Waals surface area contributed by atoms with Gasteiger partial charge in [0.1, 0.15) is 5.82 Å². The summed E-state index contributed by atoms with van der Waals surface area (Å²) >= 11 is 11.3. The largest absolute Gasteiger partial charge is 0.393 e. The van der Waals surface area contributed by atoms with Crippen molar-refractivity contribution < 1.29 is 9.50 Å². The zero-order valence-corrected chi connectivity index (χ0v) is 8.53. The highest BCUT2D eigenvalue weighted by Gasteiger charge is 2.09. The molecule has 1 unspecified atom stereocenters. The maximum absolute atomic E-state index is 13.0.